The third kappa shape index (κ3) is 3.61. The fourth-order valence-corrected chi connectivity index (χ4v) is 2.77. The Morgan fingerprint density at radius 3 is 2.73 bits per heavy atom. The fraction of sp³-hybridized carbons (Fsp3) is 0.158. The van der Waals surface area contributed by atoms with E-state index < -0.39 is 0 Å². The van der Waals surface area contributed by atoms with Gasteiger partial charge in [-0.05, 0) is 42.8 Å². The summed E-state index contributed by atoms with van der Waals surface area (Å²) < 4.78 is 1.72. The molecule has 2 aromatic carbocycles. The Morgan fingerprint density at radius 1 is 1.12 bits per heavy atom. The highest BCUT2D eigenvalue weighted by atomic mass is 16.1. The first-order valence-electron chi connectivity index (χ1n) is 8.45. The number of hydrogen-bond acceptors (Lipinski definition) is 4. The third-order valence-corrected chi connectivity index (χ3v) is 4.09. The lowest BCUT2D eigenvalue weighted by Crippen LogP contribution is -2.12. The van der Waals surface area contributed by atoms with Gasteiger partial charge in [0.2, 0.25) is 5.91 Å². The second-order valence-electron chi connectivity index (χ2n) is 5.99. The molecule has 4 aromatic rings. The van der Waals surface area contributed by atoms with Crippen molar-refractivity contribution in [3.8, 4) is 11.4 Å². The Labute approximate surface area is 150 Å². The number of nitrogens with zero attached hydrogens (tertiary/aromatic N) is 4. The van der Waals surface area contributed by atoms with Gasteiger partial charge in [0.05, 0.1) is 11.0 Å². The van der Waals surface area contributed by atoms with E-state index in [2.05, 4.69) is 25.4 Å². The monoisotopic (exact) mass is 346 g/mol. The molecule has 0 radical (unpaired) electrons. The number of imidazole rings is 1. The zero-order valence-corrected chi connectivity index (χ0v) is 14.1. The quantitative estimate of drug-likeness (QED) is 0.561. The number of amides is 1. The number of H-pyrrole nitrogens is 1. The van der Waals surface area contributed by atoms with Crippen molar-refractivity contribution in [1.29, 1.82) is 0 Å². The summed E-state index contributed by atoms with van der Waals surface area (Å²) in [4.78, 5) is 23.8. The van der Waals surface area contributed by atoms with Gasteiger partial charge in [0.25, 0.3) is 0 Å². The van der Waals surface area contributed by atoms with Gasteiger partial charge in [-0.3, -0.25) is 9.48 Å². The normalized spacial score (nSPS) is 10.9. The van der Waals surface area contributed by atoms with Crippen LogP contribution in [0, 0.1) is 0 Å². The van der Waals surface area contributed by atoms with Gasteiger partial charge in [0, 0.05) is 24.2 Å². The predicted molar refractivity (Wildman–Crippen MR) is 99.4 cm³/mol. The van der Waals surface area contributed by atoms with Crippen molar-refractivity contribution in [2.75, 3.05) is 5.32 Å². The SMILES string of the molecule is O=C(CCCn1cncn1)Nc1ccc(-c2nc3ccccc3[nH]2)cc1. The summed E-state index contributed by atoms with van der Waals surface area (Å²) in [7, 11) is 0. The number of aryl methyl sites for hydroxylation is 1. The van der Waals surface area contributed by atoms with Crippen molar-refractivity contribution in [1.82, 2.24) is 24.7 Å². The third-order valence-electron chi connectivity index (χ3n) is 4.09. The van der Waals surface area contributed by atoms with Gasteiger partial charge >= 0.3 is 0 Å². The van der Waals surface area contributed by atoms with Gasteiger partial charge in [-0.2, -0.15) is 5.10 Å². The molecule has 0 aliphatic rings. The molecule has 2 aromatic heterocycles. The van der Waals surface area contributed by atoms with Crippen LogP contribution in [0.5, 0.6) is 0 Å². The Morgan fingerprint density at radius 2 is 1.96 bits per heavy atom. The van der Waals surface area contributed by atoms with Crippen LogP contribution in [-0.4, -0.2) is 30.6 Å². The van der Waals surface area contributed by atoms with E-state index in [1.807, 2.05) is 48.5 Å². The van der Waals surface area contributed by atoms with Crippen LogP contribution in [0.3, 0.4) is 0 Å². The number of anilines is 1. The number of nitrogens with one attached hydrogen (secondary N) is 2. The predicted octanol–water partition coefficient (Wildman–Crippen LogP) is 3.24. The molecule has 2 heterocycles. The highest BCUT2D eigenvalue weighted by molar-refractivity contribution is 5.91. The highest BCUT2D eigenvalue weighted by Crippen LogP contribution is 2.22. The van der Waals surface area contributed by atoms with E-state index in [-0.39, 0.29) is 5.91 Å². The summed E-state index contributed by atoms with van der Waals surface area (Å²) in [5.74, 6) is 0.804. The first kappa shape index (κ1) is 16.0. The summed E-state index contributed by atoms with van der Waals surface area (Å²) in [5, 5.41) is 6.93. The maximum absolute atomic E-state index is 12.0. The van der Waals surface area contributed by atoms with Crippen molar-refractivity contribution in [2.45, 2.75) is 19.4 Å². The van der Waals surface area contributed by atoms with Crippen LogP contribution in [0.1, 0.15) is 12.8 Å². The lowest BCUT2D eigenvalue weighted by Gasteiger charge is -2.06. The van der Waals surface area contributed by atoms with Crippen molar-refractivity contribution < 1.29 is 4.79 Å². The lowest BCUT2D eigenvalue weighted by molar-refractivity contribution is -0.116. The van der Waals surface area contributed by atoms with E-state index >= 15 is 0 Å². The fourth-order valence-electron chi connectivity index (χ4n) is 2.77. The van der Waals surface area contributed by atoms with Crippen LogP contribution in [0.15, 0.2) is 61.2 Å². The van der Waals surface area contributed by atoms with E-state index in [0.29, 0.717) is 19.4 Å². The molecule has 1 amide bonds. The number of carbonyl (C=O) groups is 1. The molecule has 0 aliphatic heterocycles. The Balaban J connectivity index is 1.35. The van der Waals surface area contributed by atoms with Crippen LogP contribution in [0.2, 0.25) is 0 Å². The largest absolute Gasteiger partial charge is 0.338 e. The number of hydrogen-bond donors (Lipinski definition) is 2. The van der Waals surface area contributed by atoms with Crippen molar-refractivity contribution >= 4 is 22.6 Å². The van der Waals surface area contributed by atoms with Crippen molar-refractivity contribution in [3.05, 3.63) is 61.2 Å². The molecule has 130 valence electrons. The van der Waals surface area contributed by atoms with E-state index in [1.165, 1.54) is 6.33 Å². The molecule has 0 saturated heterocycles. The van der Waals surface area contributed by atoms with Crippen LogP contribution in [0.25, 0.3) is 22.4 Å². The maximum atomic E-state index is 12.0. The topological polar surface area (TPSA) is 88.5 Å². The van der Waals surface area contributed by atoms with Crippen molar-refractivity contribution in [2.24, 2.45) is 0 Å². The van der Waals surface area contributed by atoms with Gasteiger partial charge in [-0.15, -0.1) is 0 Å². The molecule has 0 fully saturated rings. The molecule has 26 heavy (non-hydrogen) atoms. The van der Waals surface area contributed by atoms with E-state index in [0.717, 1.165) is 28.1 Å². The molecular weight excluding hydrogens is 328 g/mol. The van der Waals surface area contributed by atoms with Crippen LogP contribution in [-0.2, 0) is 11.3 Å². The number of para-hydroxylation sites is 2. The Hall–Kier alpha value is -3.48. The number of aromatic amines is 1. The molecule has 2 N–H and O–H groups in total. The molecule has 0 unspecified atom stereocenters. The van der Waals surface area contributed by atoms with E-state index in [1.54, 1.807) is 11.0 Å². The second-order valence-corrected chi connectivity index (χ2v) is 5.99. The van der Waals surface area contributed by atoms with Gasteiger partial charge in [-0.25, -0.2) is 9.97 Å². The van der Waals surface area contributed by atoms with Gasteiger partial charge in [0.1, 0.15) is 18.5 Å². The zero-order valence-electron chi connectivity index (χ0n) is 14.1. The van der Waals surface area contributed by atoms with Crippen LogP contribution in [0.4, 0.5) is 5.69 Å². The highest BCUT2D eigenvalue weighted by Gasteiger charge is 2.06. The van der Waals surface area contributed by atoms with E-state index in [4.69, 9.17) is 0 Å². The molecule has 4 rings (SSSR count). The minimum atomic E-state index is -0.0124. The first-order valence-corrected chi connectivity index (χ1v) is 8.45. The van der Waals surface area contributed by atoms with Gasteiger partial charge in [-0.1, -0.05) is 12.1 Å². The summed E-state index contributed by atoms with van der Waals surface area (Å²) in [6.07, 6.45) is 4.29. The summed E-state index contributed by atoms with van der Waals surface area (Å²) in [6.45, 7) is 0.679. The minimum Gasteiger partial charge on any atom is -0.338 e. The summed E-state index contributed by atoms with van der Waals surface area (Å²) in [5.41, 5.74) is 3.69. The zero-order chi connectivity index (χ0) is 17.8. The smallest absolute Gasteiger partial charge is 0.224 e. The Bertz CT molecular complexity index is 971. The molecular formula is C19H18N6O. The lowest BCUT2D eigenvalue weighted by atomic mass is 10.2. The average molecular weight is 346 g/mol. The molecule has 0 spiro atoms. The molecule has 7 heteroatoms. The molecule has 0 saturated carbocycles. The molecule has 0 aliphatic carbocycles. The van der Waals surface area contributed by atoms with E-state index in [9.17, 15) is 4.79 Å². The number of carbonyl (C=O) groups excluding carboxylic acids is 1. The second kappa shape index (κ2) is 7.18. The molecule has 0 bridgehead atoms. The van der Waals surface area contributed by atoms with Crippen molar-refractivity contribution in [3.63, 3.8) is 0 Å². The minimum absolute atomic E-state index is 0.0124. The summed E-state index contributed by atoms with van der Waals surface area (Å²) >= 11 is 0. The number of benzene rings is 2. The molecule has 7 nitrogen and oxygen atoms in total. The maximum Gasteiger partial charge on any atom is 0.224 e. The average Bonchev–Trinajstić information content (AvgIpc) is 3.31. The Kier molecular flexibility index (Phi) is 4.42. The number of aromatic nitrogens is 5. The number of fused-ring (bicyclic) bond motifs is 1. The van der Waals surface area contributed by atoms with Gasteiger partial charge < -0.3 is 10.3 Å². The molecule has 0 atom stereocenters. The summed E-state index contributed by atoms with van der Waals surface area (Å²) in [6, 6.07) is 15.6. The van der Waals surface area contributed by atoms with Crippen LogP contribution >= 0.6 is 0 Å². The number of rotatable bonds is 6. The standard InChI is InChI=1S/C19H18N6O/c26-18(6-3-11-25-13-20-12-21-25)22-15-9-7-14(8-10-15)19-23-16-4-1-2-5-17(16)24-19/h1-2,4-5,7-10,12-13H,3,6,11H2,(H,22,26)(H,23,24). The van der Waals surface area contributed by atoms with Gasteiger partial charge in [0.15, 0.2) is 0 Å². The first-order chi connectivity index (χ1) is 12.8. The van der Waals surface area contributed by atoms with Crippen LogP contribution < -0.4 is 5.32 Å².